The third kappa shape index (κ3) is 5.25. The van der Waals surface area contributed by atoms with Gasteiger partial charge in [0.05, 0.1) is 25.3 Å². The van der Waals surface area contributed by atoms with Gasteiger partial charge in [-0.05, 0) is 30.2 Å². The van der Waals surface area contributed by atoms with E-state index in [-0.39, 0.29) is 5.41 Å². The Hall–Kier alpha value is -0.500. The smallest absolute Gasteiger partial charge is 0.317 e. The van der Waals surface area contributed by atoms with Gasteiger partial charge in [-0.15, -0.1) is 4.39 Å². The van der Waals surface area contributed by atoms with Crippen molar-refractivity contribution in [2.45, 2.75) is 33.2 Å². The van der Waals surface area contributed by atoms with E-state index in [1.807, 2.05) is 30.3 Å². The van der Waals surface area contributed by atoms with E-state index in [1.165, 1.54) is 7.05 Å². The van der Waals surface area contributed by atoms with E-state index in [9.17, 15) is 9.18 Å². The quantitative estimate of drug-likeness (QED) is 0.270. The van der Waals surface area contributed by atoms with Crippen LogP contribution in [0.1, 0.15) is 32.3 Å². The topological polar surface area (TPSA) is 42.0 Å². The molecule has 1 fully saturated rings. The van der Waals surface area contributed by atoms with Gasteiger partial charge >= 0.3 is 6.16 Å². The number of hydrogen-bond acceptors (Lipinski definition) is 5. The maximum atomic E-state index is 13.1. The number of carbonyl (C=O) groups excluding carboxylic acids is 1. The summed E-state index contributed by atoms with van der Waals surface area (Å²) in [6.07, 6.45) is 0.333. The van der Waals surface area contributed by atoms with Crippen LogP contribution in [0.2, 0.25) is 0 Å². The molecule has 1 aromatic carbocycles. The highest BCUT2D eigenvalue weighted by atomic mass is 32.5. The maximum absolute atomic E-state index is 13.1. The van der Waals surface area contributed by atoms with E-state index in [0.29, 0.717) is 19.8 Å². The van der Waals surface area contributed by atoms with Crippen LogP contribution < -0.4 is 0 Å². The summed E-state index contributed by atoms with van der Waals surface area (Å²) in [5.74, 6) is 0. The largest absolute Gasteiger partial charge is 0.410 e. The first kappa shape index (κ1) is 20.8. The first-order valence-electron chi connectivity index (χ1n) is 8.16. The molecule has 140 valence electrons. The molecule has 1 aliphatic rings. The highest BCUT2D eigenvalue weighted by molar-refractivity contribution is 8.15. The molecule has 0 aromatic heterocycles. The molecule has 1 aromatic rings. The molecule has 1 saturated heterocycles. The second kappa shape index (κ2) is 8.93. The van der Waals surface area contributed by atoms with Crippen LogP contribution >= 0.6 is 18.8 Å². The number of hydrogen-bond donors (Lipinski definition) is 0. The predicted octanol–water partition coefficient (Wildman–Crippen LogP) is 5.15. The molecule has 5 nitrogen and oxygen atoms in total. The van der Waals surface area contributed by atoms with Crippen LogP contribution in [-0.2, 0) is 27.4 Å². The first-order valence-corrected chi connectivity index (χ1v) is 11.5. The molecule has 0 unspecified atom stereocenters. The summed E-state index contributed by atoms with van der Waals surface area (Å²) in [5, 5.41) is 0. The van der Waals surface area contributed by atoms with Gasteiger partial charge in [0.15, 0.2) is 0 Å². The Morgan fingerprint density at radius 3 is 2.32 bits per heavy atom. The van der Waals surface area contributed by atoms with Gasteiger partial charge in [-0.2, -0.15) is 4.08 Å². The molecule has 2 rings (SSSR count). The highest BCUT2D eigenvalue weighted by Crippen LogP contribution is 2.61. The average molecular weight is 406 g/mol. The molecule has 0 N–H and O–H groups in total. The van der Waals surface area contributed by atoms with E-state index in [2.05, 4.69) is 13.8 Å². The Morgan fingerprint density at radius 1 is 1.28 bits per heavy atom. The lowest BCUT2D eigenvalue weighted by atomic mass is 9.84. The van der Waals surface area contributed by atoms with Crippen LogP contribution in [0.3, 0.4) is 0 Å². The first-order chi connectivity index (χ1) is 11.8. The van der Waals surface area contributed by atoms with Gasteiger partial charge in [0, 0.05) is 19.0 Å². The van der Waals surface area contributed by atoms with Crippen LogP contribution in [0.4, 0.5) is 9.18 Å². The van der Waals surface area contributed by atoms with Gasteiger partial charge in [-0.25, -0.2) is 9.10 Å². The maximum Gasteiger partial charge on any atom is 0.410 e. The van der Waals surface area contributed by atoms with Crippen molar-refractivity contribution in [2.75, 3.05) is 20.3 Å². The fraction of sp³-hybridized carbons (Fsp3) is 0.562. The van der Waals surface area contributed by atoms with Crippen LogP contribution in [0.5, 0.6) is 0 Å². The third-order valence-electron chi connectivity index (χ3n) is 4.47. The Labute approximate surface area is 158 Å². The Morgan fingerprint density at radius 2 is 1.84 bits per heavy atom. The van der Waals surface area contributed by atoms with Crippen LogP contribution in [0.15, 0.2) is 30.3 Å². The van der Waals surface area contributed by atoms with E-state index in [4.69, 9.17) is 20.9 Å². The minimum Gasteiger partial charge on any atom is -0.317 e. The molecular weight excluding hydrogens is 382 g/mol. The van der Waals surface area contributed by atoms with E-state index < -0.39 is 12.8 Å². The van der Waals surface area contributed by atoms with Gasteiger partial charge in [0.1, 0.15) is 0 Å². The molecule has 0 spiro atoms. The molecule has 0 radical (unpaired) electrons. The molecule has 0 bridgehead atoms. The summed E-state index contributed by atoms with van der Waals surface area (Å²) >= 11 is 6.59. The molecule has 0 atom stereocenters. The van der Waals surface area contributed by atoms with Crippen molar-refractivity contribution < 1.29 is 18.2 Å². The molecule has 25 heavy (non-hydrogen) atoms. The van der Waals surface area contributed by atoms with Gasteiger partial charge in [0.25, 0.3) is 6.64 Å². The molecule has 9 heteroatoms. The van der Waals surface area contributed by atoms with Gasteiger partial charge in [-0.3, -0.25) is 0 Å². The van der Waals surface area contributed by atoms with Crippen LogP contribution in [0.25, 0.3) is 0 Å². The number of amides is 1. The molecule has 0 aliphatic carbocycles. The van der Waals surface area contributed by atoms with Crippen LogP contribution in [-0.4, -0.2) is 34.8 Å². The standard InChI is InChI=1S/C16H24FN2O3PS2/c1-4-16(5-2)12-21-23(24,22-13-16)19(25-18(3)15(17)20)11-14-9-7-6-8-10-14/h6-10H,4-5,11-13H2,1-3H3. The Balaban J connectivity index is 2.19. The molecular formula is C16H24FN2O3PS2. The van der Waals surface area contributed by atoms with Crippen molar-refractivity contribution in [3.05, 3.63) is 35.9 Å². The molecule has 0 saturated carbocycles. The SMILES string of the molecule is CCC1(CC)COP(=S)(N(Cc2ccccc2)SN(C)C(=O)F)OC1. The Bertz CT molecular complexity index is 617. The van der Waals surface area contributed by atoms with Crippen molar-refractivity contribution in [2.24, 2.45) is 5.41 Å². The monoisotopic (exact) mass is 406 g/mol. The molecule has 1 amide bonds. The van der Waals surface area contributed by atoms with E-state index in [1.54, 1.807) is 4.08 Å². The lowest BCUT2D eigenvalue weighted by molar-refractivity contribution is 0.0186. The summed E-state index contributed by atoms with van der Waals surface area (Å²) in [6.45, 7) is 2.81. The number of halogens is 1. The summed E-state index contributed by atoms with van der Waals surface area (Å²) in [7, 11) is 1.36. The summed E-state index contributed by atoms with van der Waals surface area (Å²) in [5.41, 5.74) is 0.946. The molecule has 1 aliphatic heterocycles. The second-order valence-electron chi connectivity index (χ2n) is 6.05. The minimum atomic E-state index is -2.82. The van der Waals surface area contributed by atoms with Crippen LogP contribution in [0, 0.1) is 5.41 Å². The lowest BCUT2D eigenvalue weighted by Gasteiger charge is -2.43. The molecule has 1 heterocycles. The number of carbonyl (C=O) groups is 1. The summed E-state index contributed by atoms with van der Waals surface area (Å²) in [4.78, 5) is 11.0. The average Bonchev–Trinajstić information content (AvgIpc) is 2.63. The normalized spacial score (nSPS) is 18.9. The van der Waals surface area contributed by atoms with Gasteiger partial charge < -0.3 is 9.05 Å². The Kier molecular flexibility index (Phi) is 7.43. The van der Waals surface area contributed by atoms with E-state index in [0.717, 1.165) is 34.8 Å². The minimum absolute atomic E-state index is 0.0345. The van der Waals surface area contributed by atoms with Gasteiger partial charge in [-0.1, -0.05) is 44.2 Å². The van der Waals surface area contributed by atoms with Crippen molar-refractivity contribution in [1.29, 1.82) is 0 Å². The summed E-state index contributed by atoms with van der Waals surface area (Å²) in [6, 6.07) is 9.63. The zero-order chi connectivity index (χ0) is 18.5. The fourth-order valence-electron chi connectivity index (χ4n) is 2.38. The fourth-order valence-corrected chi connectivity index (χ4v) is 6.20. The van der Waals surface area contributed by atoms with Crippen molar-refractivity contribution >= 4 is 36.7 Å². The zero-order valence-corrected chi connectivity index (χ0v) is 17.2. The zero-order valence-electron chi connectivity index (χ0n) is 14.7. The number of rotatable bonds is 7. The van der Waals surface area contributed by atoms with Crippen molar-refractivity contribution in [3.8, 4) is 0 Å². The number of benzene rings is 1. The lowest BCUT2D eigenvalue weighted by Crippen LogP contribution is -2.37. The second-order valence-corrected chi connectivity index (χ2v) is 10.8. The van der Waals surface area contributed by atoms with Gasteiger partial charge in [0.2, 0.25) is 0 Å². The number of nitrogens with zero attached hydrogens (tertiary/aromatic N) is 2. The predicted molar refractivity (Wildman–Crippen MR) is 103 cm³/mol. The van der Waals surface area contributed by atoms with Crippen molar-refractivity contribution in [1.82, 2.24) is 8.38 Å². The van der Waals surface area contributed by atoms with E-state index >= 15 is 0 Å². The summed E-state index contributed by atoms with van der Waals surface area (Å²) < 4.78 is 27.7. The highest BCUT2D eigenvalue weighted by Gasteiger charge is 2.42. The third-order valence-corrected chi connectivity index (χ3v) is 9.17. The van der Waals surface area contributed by atoms with Crippen molar-refractivity contribution in [3.63, 3.8) is 0 Å².